The van der Waals surface area contributed by atoms with Gasteiger partial charge in [-0.05, 0) is 0 Å². The molecule has 3 nitrogen and oxygen atoms in total. The van der Waals surface area contributed by atoms with Crippen LogP contribution in [0.5, 0.6) is 0 Å². The maximum absolute atomic E-state index is 6.99. The molecule has 6 heavy (non-hydrogen) atoms. The summed E-state index contributed by atoms with van der Waals surface area (Å²) in [5.41, 5.74) is 0. The molecule has 0 aromatic carbocycles. The zero-order valence-corrected chi connectivity index (χ0v) is 6.58. The van der Waals surface area contributed by atoms with E-state index in [-0.39, 0.29) is 0 Å². The molecule has 0 aliphatic carbocycles. The smallest absolute Gasteiger partial charge is 0.286 e. The monoisotopic (exact) mass is 141 g/mol. The summed E-state index contributed by atoms with van der Waals surface area (Å²) >= 11 is 0. The van der Waals surface area contributed by atoms with E-state index in [1.807, 2.05) is 0 Å². The lowest BCUT2D eigenvalue weighted by Gasteiger charge is -2.10. The fourth-order valence-corrected chi connectivity index (χ4v) is 3.40. The number of hydrogen-bond acceptors (Lipinski definition) is 3. The lowest BCUT2D eigenvalue weighted by molar-refractivity contribution is 0.347. The van der Waals surface area contributed by atoms with E-state index in [4.69, 9.17) is 7.82 Å². The summed E-state index contributed by atoms with van der Waals surface area (Å²) in [6.45, 7) is 0. The Kier molecular flexibility index (Phi) is 0.976. The van der Waals surface area contributed by atoms with Gasteiger partial charge in [0.1, 0.15) is 0 Å². The molecule has 1 atom stereocenters. The molecular formula is H6O3Si3. The molecule has 1 aliphatic rings. The maximum atomic E-state index is 6.99. The highest BCUT2D eigenvalue weighted by Crippen LogP contribution is 1.78. The molecule has 0 amide bonds. The van der Waals surface area contributed by atoms with Gasteiger partial charge in [-0.2, -0.15) is 0 Å². The Hall–Kier alpha value is 0.531. The Morgan fingerprint density at radius 2 is 2.33 bits per heavy atom. The van der Waals surface area contributed by atoms with Gasteiger partial charge in [-0.1, -0.05) is 0 Å². The first-order valence-corrected chi connectivity index (χ1v) is 4.37. The molecule has 1 aliphatic heterocycles. The average molecular weight is 141 g/mol. The van der Waals surface area contributed by atoms with Gasteiger partial charge in [-0.15, -0.1) is 0 Å². The summed E-state index contributed by atoms with van der Waals surface area (Å²) in [6, 6.07) is 0. The van der Waals surface area contributed by atoms with Gasteiger partial charge >= 0.3 is 0 Å². The van der Waals surface area contributed by atoms with Crippen molar-refractivity contribution in [3.8, 4) is 0 Å². The fourth-order valence-electron chi connectivity index (χ4n) is 0.174. The van der Waals surface area contributed by atoms with E-state index in [0.29, 0.717) is 0 Å². The van der Waals surface area contributed by atoms with E-state index < -0.39 is 29.8 Å². The molecule has 1 unspecified atom stereocenters. The van der Waals surface area contributed by atoms with Crippen molar-refractivity contribution in [3.63, 3.8) is 0 Å². The third-order valence-electron chi connectivity index (χ3n) is 0.350. The molecule has 0 N–H and O–H groups in total. The van der Waals surface area contributed by atoms with Crippen LogP contribution in [-0.2, 0) is 12.3 Å². The van der Waals surface area contributed by atoms with Gasteiger partial charge in [0.25, 0.3) is 29.8 Å². The van der Waals surface area contributed by atoms with Gasteiger partial charge < -0.3 is 12.3 Å². The Morgan fingerprint density at radius 1 is 1.33 bits per heavy atom. The van der Waals surface area contributed by atoms with E-state index in [2.05, 4.69) is 8.23 Å². The predicted molar refractivity (Wildman–Crippen MR) is 28.9 cm³/mol. The van der Waals surface area contributed by atoms with Crippen LogP contribution in [0.2, 0.25) is 0 Å². The molecule has 36 valence electrons. The molecule has 1 fully saturated rings. The highest BCUT2D eigenvalue weighted by molar-refractivity contribution is 6.50. The Labute approximate surface area is 46.8 Å². The third kappa shape index (κ3) is 1.32. The van der Waals surface area contributed by atoms with Crippen molar-refractivity contribution < 1.29 is 12.3 Å². The first-order valence-electron chi connectivity index (χ1n) is 3.03. The summed E-state index contributed by atoms with van der Waals surface area (Å²) in [7, 11) is -6.90. The Bertz CT molecular complexity index is 106. The molecule has 0 radical (unpaired) electrons. The topological polar surface area (TPSA) is 27.7 Å². The van der Waals surface area contributed by atoms with Crippen molar-refractivity contribution in [2.24, 2.45) is 0 Å². The molecule has 1 heterocycles. The van der Waals surface area contributed by atoms with Crippen LogP contribution >= 0.6 is 0 Å². The molecule has 1 rings (SSSR count). The van der Waals surface area contributed by atoms with E-state index in [1.165, 1.54) is 0 Å². The van der Waals surface area contributed by atoms with Gasteiger partial charge in [0.15, 0.2) is 0 Å². The van der Waals surface area contributed by atoms with E-state index in [9.17, 15) is 0 Å². The van der Waals surface area contributed by atoms with Crippen LogP contribution in [-0.4, -0.2) is 33.5 Å². The van der Waals surface area contributed by atoms with Crippen LogP contribution < -0.4 is 0 Å². The largest absolute Gasteiger partial charge is 0.425 e. The highest BCUT2D eigenvalue weighted by Gasteiger charge is 1.96. The Balaban J connectivity index is 2.41. The lowest BCUT2D eigenvalue weighted by Crippen LogP contribution is -2.23. The zero-order chi connectivity index (χ0) is 6.91. The molecule has 0 aromatic heterocycles. The van der Waals surface area contributed by atoms with Gasteiger partial charge in [-0.25, -0.2) is 0 Å². The van der Waals surface area contributed by atoms with Crippen molar-refractivity contribution in [1.82, 2.24) is 0 Å². The van der Waals surface area contributed by atoms with Crippen molar-refractivity contribution in [1.29, 1.82) is 3.70 Å². The maximum Gasteiger partial charge on any atom is 0.286 e. The highest BCUT2D eigenvalue weighted by atomic mass is 28.4. The summed E-state index contributed by atoms with van der Waals surface area (Å²) in [4.78, 5) is 0. The average Bonchev–Trinajstić information content (AvgIpc) is 1.60. The van der Waals surface area contributed by atoms with Crippen LogP contribution in [0, 0.1) is 0 Å². The quantitative estimate of drug-likeness (QED) is 0.338. The van der Waals surface area contributed by atoms with Crippen LogP contribution in [0.3, 0.4) is 0 Å². The van der Waals surface area contributed by atoms with Gasteiger partial charge in [0, 0.05) is 0 Å². The summed E-state index contributed by atoms with van der Waals surface area (Å²) < 4.78 is 34.8. The normalized spacial score (nSPS) is 56.0. The van der Waals surface area contributed by atoms with Crippen LogP contribution in [0.25, 0.3) is 0 Å². The second kappa shape index (κ2) is 2.66. The minimum atomic E-state index is -3.34. The molecule has 0 saturated carbocycles. The first kappa shape index (κ1) is 2.20. The molecule has 6 heteroatoms. The second-order valence-electron chi connectivity index (χ2n) is 0.726. The summed E-state index contributed by atoms with van der Waals surface area (Å²) in [5.74, 6) is 0. The lowest BCUT2D eigenvalue weighted by atomic mass is 15.7. The number of hydrogen-bond donors (Lipinski definition) is 0. The van der Waals surface area contributed by atoms with Crippen LogP contribution in [0.4, 0.5) is 0 Å². The zero-order valence-electron chi connectivity index (χ0n) is 6.01. The van der Waals surface area contributed by atoms with Gasteiger partial charge in [0.05, 0.1) is 3.70 Å². The van der Waals surface area contributed by atoms with Gasteiger partial charge in [-0.3, -0.25) is 0 Å². The first-order chi connectivity index (χ1) is 4.10. The van der Waals surface area contributed by atoms with Crippen molar-refractivity contribution in [2.45, 2.75) is 0 Å². The van der Waals surface area contributed by atoms with Crippen molar-refractivity contribution in [2.75, 3.05) is 0 Å². The third-order valence-corrected chi connectivity index (χ3v) is 3.15. The molecule has 1 saturated heterocycles. The second-order valence-corrected chi connectivity index (χ2v) is 4.75. The fraction of sp³-hybridized carbons (Fsp3) is 0. The van der Waals surface area contributed by atoms with Crippen molar-refractivity contribution >= 4 is 29.8 Å². The van der Waals surface area contributed by atoms with Crippen LogP contribution in [0.15, 0.2) is 0 Å². The van der Waals surface area contributed by atoms with Gasteiger partial charge in [0.2, 0.25) is 0 Å². The van der Waals surface area contributed by atoms with E-state index >= 15 is 0 Å². The molecular weight excluding hydrogens is 132 g/mol. The summed E-state index contributed by atoms with van der Waals surface area (Å²) in [6.07, 6.45) is 0. The molecule has 0 spiro atoms. The van der Waals surface area contributed by atoms with Crippen molar-refractivity contribution in [3.05, 3.63) is 0 Å². The number of rotatable bonds is 0. The minimum Gasteiger partial charge on any atom is -0.425 e. The predicted octanol–water partition coefficient (Wildman–Crippen LogP) is -2.95. The Morgan fingerprint density at radius 3 is 2.83 bits per heavy atom. The molecule has 0 aromatic rings. The van der Waals surface area contributed by atoms with Crippen LogP contribution in [0.1, 0.15) is 0 Å². The SMILES string of the molecule is [2H][SiH]1O[SiH2]O[Si]([2H])([2H])O1. The standard InChI is InChI=1S/H6O3Si3/c1-4-2-6-3-5-1/h4-6H2/i4D,5D2. The minimum absolute atomic E-state index is 1.21. The molecule has 0 bridgehead atoms. The van der Waals surface area contributed by atoms with E-state index in [1.54, 1.807) is 0 Å². The summed E-state index contributed by atoms with van der Waals surface area (Å²) in [5, 5.41) is 0. The van der Waals surface area contributed by atoms with E-state index in [0.717, 1.165) is 0 Å².